The molecule has 5 rings (SSSR count). The Hall–Kier alpha value is -2.86. The first kappa shape index (κ1) is 23.9. The van der Waals surface area contributed by atoms with Crippen molar-refractivity contribution in [3.63, 3.8) is 0 Å². The molecule has 2 aromatic carbocycles. The smallest absolute Gasteiger partial charge is 0.253 e. The predicted octanol–water partition coefficient (Wildman–Crippen LogP) is 5.51. The van der Waals surface area contributed by atoms with Gasteiger partial charge in [-0.2, -0.15) is 0 Å². The number of nitrogens with zero attached hydrogens (tertiary/aromatic N) is 3. The number of halogens is 1. The number of fused-ring (bicyclic) bond motifs is 1. The van der Waals surface area contributed by atoms with E-state index in [2.05, 4.69) is 41.7 Å². The average Bonchev–Trinajstić information content (AvgIpc) is 3.65. The molecule has 1 saturated carbocycles. The highest BCUT2D eigenvalue weighted by molar-refractivity contribution is 6.04. The van der Waals surface area contributed by atoms with Gasteiger partial charge in [-0.3, -0.25) is 4.79 Å². The third-order valence-corrected chi connectivity index (χ3v) is 7.90. The van der Waals surface area contributed by atoms with Gasteiger partial charge in [-0.25, -0.2) is 4.39 Å². The van der Waals surface area contributed by atoms with E-state index in [1.54, 1.807) is 6.07 Å². The Kier molecular flexibility index (Phi) is 6.58. The van der Waals surface area contributed by atoms with Crippen LogP contribution in [-0.2, 0) is 13.1 Å². The summed E-state index contributed by atoms with van der Waals surface area (Å²) in [6.07, 6.45) is 3.57. The summed E-state index contributed by atoms with van der Waals surface area (Å²) in [5.74, 6) is 0.635. The fourth-order valence-corrected chi connectivity index (χ4v) is 5.30. The second kappa shape index (κ2) is 9.65. The average molecular weight is 477 g/mol. The first-order valence-corrected chi connectivity index (χ1v) is 12.9. The Balaban J connectivity index is 1.54. The number of amides is 1. The summed E-state index contributed by atoms with van der Waals surface area (Å²) < 4.78 is 16.1. The van der Waals surface area contributed by atoms with Crippen LogP contribution in [0.3, 0.4) is 0 Å². The third-order valence-electron chi connectivity index (χ3n) is 7.90. The maximum absolute atomic E-state index is 13.6. The number of nitrogens with one attached hydrogen (secondary N) is 1. The molecule has 5 nitrogen and oxygen atoms in total. The SMILES string of the molecule is Cc1cc(F)ccc1CNc1cc(C(=O)N2CCCN(C)CC2)cc2c(C)c(C)n(CC3CC3)c12. The van der Waals surface area contributed by atoms with Crippen molar-refractivity contribution in [3.05, 3.63) is 64.1 Å². The van der Waals surface area contributed by atoms with Gasteiger partial charge in [-0.05, 0) is 100 Å². The summed E-state index contributed by atoms with van der Waals surface area (Å²) in [6.45, 7) is 11.4. The van der Waals surface area contributed by atoms with Crippen LogP contribution in [0, 0.1) is 32.5 Å². The number of benzene rings is 2. The van der Waals surface area contributed by atoms with Gasteiger partial charge in [0.1, 0.15) is 5.82 Å². The molecule has 186 valence electrons. The van der Waals surface area contributed by atoms with Crippen LogP contribution in [0.15, 0.2) is 30.3 Å². The molecule has 1 aliphatic heterocycles. The lowest BCUT2D eigenvalue weighted by Gasteiger charge is -2.22. The van der Waals surface area contributed by atoms with Gasteiger partial charge in [0.15, 0.2) is 0 Å². The zero-order valence-corrected chi connectivity index (χ0v) is 21.5. The molecule has 0 bridgehead atoms. The molecule has 1 aliphatic carbocycles. The zero-order valence-electron chi connectivity index (χ0n) is 21.5. The highest BCUT2D eigenvalue weighted by Crippen LogP contribution is 2.38. The highest BCUT2D eigenvalue weighted by atomic mass is 19.1. The summed E-state index contributed by atoms with van der Waals surface area (Å²) in [7, 11) is 2.12. The maximum Gasteiger partial charge on any atom is 0.253 e. The summed E-state index contributed by atoms with van der Waals surface area (Å²) in [5, 5.41) is 4.79. The standard InChI is InChI=1S/C29H37FN4O/c1-19-14-25(30)9-8-23(19)17-31-27-16-24(29(35)33-11-5-10-32(4)12-13-33)15-26-20(2)21(3)34(28(26)27)18-22-6-7-22/h8-9,14-16,22,31H,5-7,10-13,17-18H2,1-4H3. The molecule has 1 N–H and O–H groups in total. The molecule has 0 radical (unpaired) electrons. The van der Waals surface area contributed by atoms with Crippen molar-refractivity contribution in [2.24, 2.45) is 5.92 Å². The normalized spacial score (nSPS) is 17.1. The van der Waals surface area contributed by atoms with Gasteiger partial charge in [0.05, 0.1) is 11.2 Å². The topological polar surface area (TPSA) is 40.5 Å². The number of anilines is 1. The fraction of sp³-hybridized carbons (Fsp3) is 0.483. The zero-order chi connectivity index (χ0) is 24.7. The highest BCUT2D eigenvalue weighted by Gasteiger charge is 2.26. The maximum atomic E-state index is 13.6. The van der Waals surface area contributed by atoms with Crippen molar-refractivity contribution in [3.8, 4) is 0 Å². The molecular formula is C29H37FN4O. The Morgan fingerprint density at radius 1 is 1.06 bits per heavy atom. The molecule has 1 saturated heterocycles. The van der Waals surface area contributed by atoms with Crippen molar-refractivity contribution >= 4 is 22.5 Å². The van der Waals surface area contributed by atoms with Crippen LogP contribution < -0.4 is 5.32 Å². The Morgan fingerprint density at radius 3 is 2.60 bits per heavy atom. The van der Waals surface area contributed by atoms with E-state index >= 15 is 0 Å². The number of carbonyl (C=O) groups is 1. The van der Waals surface area contributed by atoms with E-state index in [1.165, 1.54) is 35.7 Å². The lowest BCUT2D eigenvalue weighted by molar-refractivity contribution is 0.0763. The van der Waals surface area contributed by atoms with Crippen LogP contribution in [-0.4, -0.2) is 53.5 Å². The quantitative estimate of drug-likeness (QED) is 0.510. The number of carbonyl (C=O) groups excluding carboxylic acids is 1. The third kappa shape index (κ3) is 4.94. The molecule has 3 aromatic rings. The van der Waals surface area contributed by atoms with Gasteiger partial charge < -0.3 is 19.7 Å². The van der Waals surface area contributed by atoms with Crippen LogP contribution in [0.2, 0.25) is 0 Å². The van der Waals surface area contributed by atoms with Gasteiger partial charge in [-0.15, -0.1) is 0 Å². The summed E-state index contributed by atoms with van der Waals surface area (Å²) in [5.41, 5.74) is 7.40. The second-order valence-corrected chi connectivity index (χ2v) is 10.6. The number of aromatic nitrogens is 1. The minimum atomic E-state index is -0.214. The van der Waals surface area contributed by atoms with Crippen molar-refractivity contribution in [2.45, 2.75) is 53.1 Å². The van der Waals surface area contributed by atoms with Crippen LogP contribution in [0.1, 0.15) is 52.0 Å². The minimum absolute atomic E-state index is 0.107. The van der Waals surface area contributed by atoms with Crippen molar-refractivity contribution in [1.29, 1.82) is 0 Å². The van der Waals surface area contributed by atoms with Gasteiger partial charge in [0.25, 0.3) is 5.91 Å². The van der Waals surface area contributed by atoms with Crippen LogP contribution in [0.25, 0.3) is 10.9 Å². The first-order chi connectivity index (χ1) is 16.8. The van der Waals surface area contributed by atoms with E-state index in [-0.39, 0.29) is 11.7 Å². The van der Waals surface area contributed by atoms with E-state index in [1.807, 2.05) is 24.0 Å². The molecule has 1 amide bonds. The van der Waals surface area contributed by atoms with E-state index in [0.29, 0.717) is 6.54 Å². The largest absolute Gasteiger partial charge is 0.379 e. The molecule has 0 spiro atoms. The molecule has 0 atom stereocenters. The van der Waals surface area contributed by atoms with Gasteiger partial charge >= 0.3 is 0 Å². The molecule has 2 fully saturated rings. The van der Waals surface area contributed by atoms with Crippen molar-refractivity contribution in [2.75, 3.05) is 38.5 Å². The van der Waals surface area contributed by atoms with Crippen LogP contribution in [0.4, 0.5) is 10.1 Å². The number of hydrogen-bond acceptors (Lipinski definition) is 3. The summed E-state index contributed by atoms with van der Waals surface area (Å²) in [4.78, 5) is 17.9. The summed E-state index contributed by atoms with van der Waals surface area (Å²) in [6, 6.07) is 9.08. The van der Waals surface area contributed by atoms with E-state index in [4.69, 9.17) is 0 Å². The van der Waals surface area contributed by atoms with Gasteiger partial charge in [0.2, 0.25) is 0 Å². The number of likely N-dealkylation sites (N-methyl/N-ethyl adjacent to an activating group) is 1. The Labute approximate surface area is 207 Å². The molecule has 1 aromatic heterocycles. The molecule has 0 unspecified atom stereocenters. The van der Waals surface area contributed by atoms with E-state index < -0.39 is 0 Å². The van der Waals surface area contributed by atoms with Crippen molar-refractivity contribution < 1.29 is 9.18 Å². The van der Waals surface area contributed by atoms with Crippen LogP contribution >= 0.6 is 0 Å². The predicted molar refractivity (Wildman–Crippen MR) is 141 cm³/mol. The lowest BCUT2D eigenvalue weighted by Crippen LogP contribution is -2.34. The lowest BCUT2D eigenvalue weighted by atomic mass is 10.0. The second-order valence-electron chi connectivity index (χ2n) is 10.6. The molecule has 6 heteroatoms. The number of rotatable bonds is 6. The van der Waals surface area contributed by atoms with E-state index in [0.717, 1.165) is 72.8 Å². The van der Waals surface area contributed by atoms with Gasteiger partial charge in [0, 0.05) is 49.4 Å². The Morgan fingerprint density at radius 2 is 1.86 bits per heavy atom. The van der Waals surface area contributed by atoms with Gasteiger partial charge in [-0.1, -0.05) is 6.07 Å². The van der Waals surface area contributed by atoms with E-state index in [9.17, 15) is 9.18 Å². The molecule has 35 heavy (non-hydrogen) atoms. The fourth-order valence-electron chi connectivity index (χ4n) is 5.30. The Bertz CT molecular complexity index is 1260. The first-order valence-electron chi connectivity index (χ1n) is 12.9. The van der Waals surface area contributed by atoms with Crippen molar-refractivity contribution in [1.82, 2.24) is 14.4 Å². The molecular weight excluding hydrogens is 439 g/mol. The minimum Gasteiger partial charge on any atom is -0.379 e. The monoisotopic (exact) mass is 476 g/mol. The number of aryl methyl sites for hydroxylation is 2. The summed E-state index contributed by atoms with van der Waals surface area (Å²) >= 11 is 0. The molecule has 2 aliphatic rings. The van der Waals surface area contributed by atoms with Crippen LogP contribution in [0.5, 0.6) is 0 Å². The number of hydrogen-bond donors (Lipinski definition) is 1. The molecule has 2 heterocycles.